The first-order chi connectivity index (χ1) is 13.6. The number of carbonyl (C=O) groups excluding carboxylic acids is 2. The van der Waals surface area contributed by atoms with Crippen LogP contribution >= 0.6 is 11.3 Å². The van der Waals surface area contributed by atoms with E-state index in [4.69, 9.17) is 4.74 Å². The maximum Gasteiger partial charge on any atom is 0.261 e. The Balaban J connectivity index is 1.44. The van der Waals surface area contributed by atoms with Gasteiger partial charge in [-0.2, -0.15) is 11.3 Å². The number of benzene rings is 1. The van der Waals surface area contributed by atoms with Crippen LogP contribution in [0.25, 0.3) is 0 Å². The van der Waals surface area contributed by atoms with Crippen molar-refractivity contribution in [1.82, 2.24) is 10.2 Å². The van der Waals surface area contributed by atoms with Gasteiger partial charge >= 0.3 is 0 Å². The predicted molar refractivity (Wildman–Crippen MR) is 110 cm³/mol. The van der Waals surface area contributed by atoms with Gasteiger partial charge in [0, 0.05) is 18.2 Å². The molecule has 148 valence electrons. The molecule has 1 saturated carbocycles. The molecule has 6 heteroatoms. The van der Waals surface area contributed by atoms with E-state index in [0.29, 0.717) is 23.9 Å². The summed E-state index contributed by atoms with van der Waals surface area (Å²) < 4.78 is 5.76. The average Bonchev–Trinajstić information content (AvgIpc) is 3.13. The summed E-state index contributed by atoms with van der Waals surface area (Å²) in [6.07, 6.45) is 3.35. The highest BCUT2D eigenvalue weighted by Crippen LogP contribution is 2.56. The number of ketones is 1. The third-order valence-electron chi connectivity index (χ3n) is 5.98. The molecule has 1 aromatic heterocycles. The van der Waals surface area contributed by atoms with Gasteiger partial charge in [-0.3, -0.25) is 9.59 Å². The molecule has 1 aromatic carbocycles. The molecule has 1 saturated heterocycles. The highest BCUT2D eigenvalue weighted by Gasteiger charge is 2.57. The van der Waals surface area contributed by atoms with Gasteiger partial charge in [-0.1, -0.05) is 12.1 Å². The Morgan fingerprint density at radius 2 is 2.11 bits per heavy atom. The standard InChI is InChI=1S/C22H26N2O3S/c1-16(25)18-3-2-4-19(11-18)27-14-21(26)24(13-17-5-10-28-15-17)20-12-22(20)6-8-23-9-7-22/h2-5,10-11,15,20,23H,6-9,12-14H2,1H3. The number of amides is 1. The molecule has 1 spiro atoms. The largest absolute Gasteiger partial charge is 0.484 e. The Hall–Kier alpha value is -2.18. The van der Waals surface area contributed by atoms with Crippen LogP contribution in [0.1, 0.15) is 42.1 Å². The number of hydrogen-bond acceptors (Lipinski definition) is 5. The van der Waals surface area contributed by atoms with E-state index in [0.717, 1.165) is 32.4 Å². The molecule has 2 aliphatic rings. The van der Waals surface area contributed by atoms with Crippen LogP contribution in [0.15, 0.2) is 41.1 Å². The normalized spacial score (nSPS) is 20.0. The van der Waals surface area contributed by atoms with E-state index in [9.17, 15) is 9.59 Å². The lowest BCUT2D eigenvalue weighted by atomic mass is 9.93. The second-order valence-electron chi connectivity index (χ2n) is 7.86. The molecular weight excluding hydrogens is 372 g/mol. The van der Waals surface area contributed by atoms with Crippen molar-refractivity contribution in [3.63, 3.8) is 0 Å². The lowest BCUT2D eigenvalue weighted by molar-refractivity contribution is -0.135. The molecule has 1 unspecified atom stereocenters. The van der Waals surface area contributed by atoms with E-state index in [-0.39, 0.29) is 23.7 Å². The molecular formula is C22H26N2O3S. The predicted octanol–water partition coefficient (Wildman–Crippen LogP) is 3.50. The second kappa shape index (κ2) is 8.05. The zero-order valence-electron chi connectivity index (χ0n) is 16.1. The summed E-state index contributed by atoms with van der Waals surface area (Å²) in [5, 5.41) is 7.58. The molecule has 4 rings (SSSR count). The van der Waals surface area contributed by atoms with E-state index in [1.807, 2.05) is 4.90 Å². The van der Waals surface area contributed by atoms with E-state index in [1.165, 1.54) is 12.5 Å². The van der Waals surface area contributed by atoms with Gasteiger partial charge in [0.2, 0.25) is 0 Å². The minimum atomic E-state index is -0.0123. The molecule has 2 heterocycles. The Kier molecular flexibility index (Phi) is 5.51. The van der Waals surface area contributed by atoms with Gasteiger partial charge in [0.15, 0.2) is 12.4 Å². The van der Waals surface area contributed by atoms with Crippen LogP contribution in [0, 0.1) is 5.41 Å². The third kappa shape index (κ3) is 4.13. The lowest BCUT2D eigenvalue weighted by Gasteiger charge is -2.29. The number of Topliss-reactive ketones (excluding diaryl/α,β-unsaturated/α-hetero) is 1. The summed E-state index contributed by atoms with van der Waals surface area (Å²) in [6, 6.07) is 9.41. The minimum Gasteiger partial charge on any atom is -0.484 e. The smallest absolute Gasteiger partial charge is 0.261 e. The molecule has 1 aliphatic heterocycles. The summed E-state index contributed by atoms with van der Waals surface area (Å²) in [4.78, 5) is 26.7. The Morgan fingerprint density at radius 1 is 1.29 bits per heavy atom. The number of rotatable bonds is 7. The van der Waals surface area contributed by atoms with Gasteiger partial charge in [0.25, 0.3) is 5.91 Å². The molecule has 1 atom stereocenters. The fraction of sp³-hybridized carbons (Fsp3) is 0.455. The maximum absolute atomic E-state index is 13.1. The molecule has 28 heavy (non-hydrogen) atoms. The Labute approximate surface area is 169 Å². The topological polar surface area (TPSA) is 58.6 Å². The lowest BCUT2D eigenvalue weighted by Crippen LogP contribution is -2.41. The van der Waals surface area contributed by atoms with Crippen molar-refractivity contribution >= 4 is 23.0 Å². The van der Waals surface area contributed by atoms with Crippen molar-refractivity contribution in [3.8, 4) is 5.75 Å². The third-order valence-corrected chi connectivity index (χ3v) is 6.71. The first kappa shape index (κ1) is 19.2. The number of carbonyl (C=O) groups is 2. The van der Waals surface area contributed by atoms with Crippen molar-refractivity contribution in [3.05, 3.63) is 52.2 Å². The SMILES string of the molecule is CC(=O)c1cccc(OCC(=O)N(Cc2ccsc2)C2CC23CCNCC3)c1. The Bertz CT molecular complexity index is 843. The number of nitrogens with one attached hydrogen (secondary N) is 1. The second-order valence-corrected chi connectivity index (χ2v) is 8.64. The number of piperidine rings is 1. The first-order valence-electron chi connectivity index (χ1n) is 9.82. The van der Waals surface area contributed by atoms with Crippen LogP contribution in [0.2, 0.25) is 0 Å². The summed E-state index contributed by atoms with van der Waals surface area (Å²) in [6.45, 7) is 4.23. The number of hydrogen-bond donors (Lipinski definition) is 1. The monoisotopic (exact) mass is 398 g/mol. The van der Waals surface area contributed by atoms with Gasteiger partial charge in [0.05, 0.1) is 0 Å². The Morgan fingerprint density at radius 3 is 2.82 bits per heavy atom. The van der Waals surface area contributed by atoms with Crippen molar-refractivity contribution < 1.29 is 14.3 Å². The molecule has 0 bridgehead atoms. The first-order valence-corrected chi connectivity index (χ1v) is 10.8. The fourth-order valence-electron chi connectivity index (χ4n) is 4.21. The van der Waals surface area contributed by atoms with E-state index < -0.39 is 0 Å². The number of ether oxygens (including phenoxy) is 1. The molecule has 1 amide bonds. The maximum atomic E-state index is 13.1. The van der Waals surface area contributed by atoms with E-state index in [1.54, 1.807) is 35.6 Å². The fourth-order valence-corrected chi connectivity index (χ4v) is 4.87. The summed E-state index contributed by atoms with van der Waals surface area (Å²) in [7, 11) is 0. The van der Waals surface area contributed by atoms with Gasteiger partial charge in [-0.25, -0.2) is 0 Å². The van der Waals surface area contributed by atoms with Crippen LogP contribution in [0.5, 0.6) is 5.75 Å². The molecule has 5 nitrogen and oxygen atoms in total. The quantitative estimate of drug-likeness (QED) is 0.725. The van der Waals surface area contributed by atoms with Crippen LogP contribution in [0.3, 0.4) is 0 Å². The summed E-state index contributed by atoms with van der Waals surface area (Å²) >= 11 is 1.66. The van der Waals surface area contributed by atoms with Crippen LogP contribution < -0.4 is 10.1 Å². The van der Waals surface area contributed by atoms with Crippen molar-refractivity contribution in [2.24, 2.45) is 5.41 Å². The zero-order chi connectivity index (χ0) is 19.6. The van der Waals surface area contributed by atoms with Crippen molar-refractivity contribution in [2.75, 3.05) is 19.7 Å². The van der Waals surface area contributed by atoms with Gasteiger partial charge in [0.1, 0.15) is 5.75 Å². The highest BCUT2D eigenvalue weighted by molar-refractivity contribution is 7.07. The molecule has 1 aliphatic carbocycles. The van der Waals surface area contributed by atoms with Crippen molar-refractivity contribution in [1.29, 1.82) is 0 Å². The van der Waals surface area contributed by atoms with E-state index in [2.05, 4.69) is 22.1 Å². The molecule has 2 aromatic rings. The van der Waals surface area contributed by atoms with Gasteiger partial charge in [-0.15, -0.1) is 0 Å². The van der Waals surface area contributed by atoms with Gasteiger partial charge in [-0.05, 0) is 79.2 Å². The van der Waals surface area contributed by atoms with Crippen LogP contribution in [0.4, 0.5) is 0 Å². The van der Waals surface area contributed by atoms with Crippen molar-refractivity contribution in [2.45, 2.75) is 38.8 Å². The molecule has 1 N–H and O–H groups in total. The zero-order valence-corrected chi connectivity index (χ0v) is 17.0. The van der Waals surface area contributed by atoms with Gasteiger partial charge < -0.3 is 15.0 Å². The minimum absolute atomic E-state index is 0.00365. The summed E-state index contributed by atoms with van der Waals surface area (Å²) in [5.74, 6) is 0.561. The van der Waals surface area contributed by atoms with Crippen LogP contribution in [-0.2, 0) is 11.3 Å². The summed E-state index contributed by atoms with van der Waals surface area (Å²) in [5.41, 5.74) is 2.05. The average molecular weight is 399 g/mol. The number of thiophene rings is 1. The molecule has 2 fully saturated rings. The highest BCUT2D eigenvalue weighted by atomic mass is 32.1. The molecule has 0 radical (unpaired) electrons. The number of nitrogens with zero attached hydrogens (tertiary/aromatic N) is 1. The van der Waals surface area contributed by atoms with Crippen LogP contribution in [-0.4, -0.2) is 42.3 Å². The van der Waals surface area contributed by atoms with E-state index >= 15 is 0 Å².